The summed E-state index contributed by atoms with van der Waals surface area (Å²) in [5.41, 5.74) is -0.817. The van der Waals surface area contributed by atoms with Crippen LogP contribution >= 0.6 is 22.9 Å². The van der Waals surface area contributed by atoms with Gasteiger partial charge in [-0.3, -0.25) is 14.5 Å². The third kappa shape index (κ3) is 2.44. The molecule has 118 valence electrons. The van der Waals surface area contributed by atoms with Gasteiger partial charge in [0.05, 0.1) is 15.8 Å². The van der Waals surface area contributed by atoms with Crippen LogP contribution in [0.2, 0.25) is 4.34 Å². The molecule has 1 N–H and O–H groups in total. The quantitative estimate of drug-likeness (QED) is 0.679. The van der Waals surface area contributed by atoms with Crippen molar-refractivity contribution in [2.45, 2.75) is 38.1 Å². The lowest BCUT2D eigenvalue weighted by Gasteiger charge is -2.36. The Morgan fingerprint density at radius 3 is 2.86 bits per heavy atom. The zero-order valence-corrected chi connectivity index (χ0v) is 13.8. The molecule has 0 bridgehead atoms. The van der Waals surface area contributed by atoms with Crippen molar-refractivity contribution >= 4 is 40.7 Å². The van der Waals surface area contributed by atoms with E-state index in [4.69, 9.17) is 11.6 Å². The minimum atomic E-state index is -0.817. The zero-order chi connectivity index (χ0) is 15.9. The molecule has 1 aromatic heterocycles. The van der Waals surface area contributed by atoms with E-state index in [9.17, 15) is 14.4 Å². The number of nitrogens with zero attached hydrogens (tertiary/aromatic N) is 1. The topological polar surface area (TPSA) is 66.5 Å². The highest BCUT2D eigenvalue weighted by atomic mass is 35.5. The van der Waals surface area contributed by atoms with Crippen LogP contribution in [0.4, 0.5) is 4.79 Å². The molecule has 1 spiro atoms. The molecule has 22 heavy (non-hydrogen) atoms. The maximum absolute atomic E-state index is 12.7. The number of amides is 3. The molecule has 0 aromatic carbocycles. The predicted molar refractivity (Wildman–Crippen MR) is 84.3 cm³/mol. The number of thiophene rings is 1. The fourth-order valence-corrected chi connectivity index (χ4v) is 4.30. The first-order chi connectivity index (χ1) is 10.4. The molecule has 2 heterocycles. The Hall–Kier alpha value is -1.40. The van der Waals surface area contributed by atoms with Crippen molar-refractivity contribution in [3.63, 3.8) is 0 Å². The second kappa shape index (κ2) is 5.66. The number of carbonyl (C=O) groups excluding carboxylic acids is 3. The van der Waals surface area contributed by atoms with Gasteiger partial charge in [0.25, 0.3) is 5.91 Å². The minimum absolute atomic E-state index is 0.0917. The van der Waals surface area contributed by atoms with Crippen LogP contribution in [0.5, 0.6) is 0 Å². The van der Waals surface area contributed by atoms with Crippen LogP contribution in [0, 0.1) is 5.92 Å². The van der Waals surface area contributed by atoms with Gasteiger partial charge in [-0.25, -0.2) is 4.79 Å². The lowest BCUT2D eigenvalue weighted by Crippen LogP contribution is -2.54. The van der Waals surface area contributed by atoms with Gasteiger partial charge in [0.15, 0.2) is 5.78 Å². The van der Waals surface area contributed by atoms with Gasteiger partial charge in [0, 0.05) is 0 Å². The van der Waals surface area contributed by atoms with Crippen LogP contribution < -0.4 is 5.32 Å². The van der Waals surface area contributed by atoms with Gasteiger partial charge in [-0.2, -0.15) is 0 Å². The molecular formula is C15H17ClN2O3S. The van der Waals surface area contributed by atoms with Crippen molar-refractivity contribution in [2.24, 2.45) is 5.92 Å². The number of hydrogen-bond donors (Lipinski definition) is 1. The number of rotatable bonds is 3. The van der Waals surface area contributed by atoms with E-state index in [1.807, 2.05) is 6.92 Å². The van der Waals surface area contributed by atoms with Crippen molar-refractivity contribution in [3.05, 3.63) is 21.3 Å². The average Bonchev–Trinajstić information content (AvgIpc) is 3.01. The predicted octanol–water partition coefficient (Wildman–Crippen LogP) is 3.08. The first-order valence-corrected chi connectivity index (χ1v) is 8.56. The van der Waals surface area contributed by atoms with Crippen LogP contribution in [-0.2, 0) is 4.79 Å². The third-order valence-electron chi connectivity index (χ3n) is 4.65. The molecule has 1 saturated heterocycles. The van der Waals surface area contributed by atoms with Gasteiger partial charge in [-0.05, 0) is 30.9 Å². The zero-order valence-electron chi connectivity index (χ0n) is 12.2. The third-order valence-corrected chi connectivity index (χ3v) is 5.92. The maximum Gasteiger partial charge on any atom is 0.325 e. The summed E-state index contributed by atoms with van der Waals surface area (Å²) in [5, 5.41) is 2.84. The Bertz CT molecular complexity index is 644. The number of urea groups is 1. The highest BCUT2D eigenvalue weighted by Crippen LogP contribution is 2.38. The van der Waals surface area contributed by atoms with Gasteiger partial charge in [-0.15, -0.1) is 11.3 Å². The molecule has 5 nitrogen and oxygen atoms in total. The second-order valence-electron chi connectivity index (χ2n) is 5.97. The minimum Gasteiger partial charge on any atom is -0.323 e. The first kappa shape index (κ1) is 15.5. The number of halogens is 1. The Morgan fingerprint density at radius 1 is 1.45 bits per heavy atom. The van der Waals surface area contributed by atoms with Gasteiger partial charge in [0.2, 0.25) is 0 Å². The van der Waals surface area contributed by atoms with Gasteiger partial charge >= 0.3 is 6.03 Å². The molecule has 3 amide bonds. The average molecular weight is 341 g/mol. The Labute approximate surface area is 137 Å². The van der Waals surface area contributed by atoms with Crippen molar-refractivity contribution in [2.75, 3.05) is 6.54 Å². The summed E-state index contributed by atoms with van der Waals surface area (Å²) < 4.78 is 0.512. The number of hydrogen-bond acceptors (Lipinski definition) is 4. The molecule has 1 saturated carbocycles. The summed E-state index contributed by atoms with van der Waals surface area (Å²) >= 11 is 6.98. The van der Waals surface area contributed by atoms with Crippen molar-refractivity contribution in [3.8, 4) is 0 Å². The second-order valence-corrected chi connectivity index (χ2v) is 7.68. The summed E-state index contributed by atoms with van der Waals surface area (Å²) in [6.45, 7) is 1.76. The SMILES string of the molecule is C[C@H]1CCCC[C@@]12NC(=O)N(CC(=O)c1ccc(Cl)s1)C2=O. The summed E-state index contributed by atoms with van der Waals surface area (Å²) in [7, 11) is 0. The number of nitrogens with one attached hydrogen (secondary N) is 1. The van der Waals surface area contributed by atoms with E-state index in [1.54, 1.807) is 12.1 Å². The van der Waals surface area contributed by atoms with Gasteiger partial charge in [0.1, 0.15) is 5.54 Å². The van der Waals surface area contributed by atoms with Crippen molar-refractivity contribution in [1.29, 1.82) is 0 Å². The molecule has 1 aromatic rings. The molecule has 1 aliphatic carbocycles. The summed E-state index contributed by atoms with van der Waals surface area (Å²) in [5.74, 6) is -0.435. The van der Waals surface area contributed by atoms with Crippen molar-refractivity contribution in [1.82, 2.24) is 10.2 Å². The molecular weight excluding hydrogens is 324 g/mol. The maximum atomic E-state index is 12.7. The highest BCUT2D eigenvalue weighted by molar-refractivity contribution is 7.18. The van der Waals surface area contributed by atoms with Crippen LogP contribution in [0.1, 0.15) is 42.3 Å². The number of carbonyl (C=O) groups is 3. The molecule has 7 heteroatoms. The Balaban J connectivity index is 1.79. The molecule has 3 rings (SSSR count). The van der Waals surface area contributed by atoms with Gasteiger partial charge in [-0.1, -0.05) is 31.4 Å². The first-order valence-electron chi connectivity index (χ1n) is 7.37. The smallest absolute Gasteiger partial charge is 0.323 e. The van der Waals surface area contributed by atoms with E-state index in [-0.39, 0.29) is 24.2 Å². The van der Waals surface area contributed by atoms with Gasteiger partial charge < -0.3 is 5.32 Å². The molecule has 2 aliphatic rings. The van der Waals surface area contributed by atoms with Crippen LogP contribution in [0.25, 0.3) is 0 Å². The number of imide groups is 1. The van der Waals surface area contributed by atoms with Crippen molar-refractivity contribution < 1.29 is 14.4 Å². The standard InChI is InChI=1S/C15H17ClN2O3S/c1-9-4-2-3-7-15(9)13(20)18(14(21)17-15)8-10(19)11-5-6-12(16)22-11/h5-6,9H,2-4,7-8H2,1H3,(H,17,21)/t9-,15+/m0/s1. The van der Waals surface area contributed by atoms with E-state index in [0.717, 1.165) is 35.5 Å². The molecule has 0 radical (unpaired) electrons. The van der Waals surface area contributed by atoms with Crippen LogP contribution in [0.3, 0.4) is 0 Å². The van der Waals surface area contributed by atoms with E-state index in [1.165, 1.54) is 0 Å². The number of ketones is 1. The van der Waals surface area contributed by atoms with E-state index < -0.39 is 11.6 Å². The highest BCUT2D eigenvalue weighted by Gasteiger charge is 2.55. The number of Topliss-reactive ketones (excluding diaryl/α,β-unsaturated/α-hetero) is 1. The summed E-state index contributed by atoms with van der Waals surface area (Å²) in [6.07, 6.45) is 3.54. The van der Waals surface area contributed by atoms with E-state index in [0.29, 0.717) is 15.6 Å². The summed E-state index contributed by atoms with van der Waals surface area (Å²) in [6, 6.07) is 2.79. The monoisotopic (exact) mass is 340 g/mol. The normalized spacial score (nSPS) is 28.3. The van der Waals surface area contributed by atoms with E-state index in [2.05, 4.69) is 5.32 Å². The van der Waals surface area contributed by atoms with E-state index >= 15 is 0 Å². The molecule has 1 aliphatic heterocycles. The lowest BCUT2D eigenvalue weighted by atomic mass is 9.73. The summed E-state index contributed by atoms with van der Waals surface area (Å²) in [4.78, 5) is 38.7. The fourth-order valence-electron chi connectivity index (χ4n) is 3.32. The Morgan fingerprint density at radius 2 is 2.23 bits per heavy atom. The van der Waals surface area contributed by atoms with Crippen LogP contribution in [0.15, 0.2) is 12.1 Å². The fraction of sp³-hybridized carbons (Fsp3) is 0.533. The lowest BCUT2D eigenvalue weighted by molar-refractivity contribution is -0.133. The molecule has 2 atom stereocenters. The van der Waals surface area contributed by atoms with Crippen LogP contribution in [-0.4, -0.2) is 34.7 Å². The largest absolute Gasteiger partial charge is 0.325 e. The molecule has 2 fully saturated rings. The molecule has 0 unspecified atom stereocenters. The Kier molecular flexibility index (Phi) is 3.99.